The molecule has 2 aromatic rings. The van der Waals surface area contributed by atoms with Gasteiger partial charge in [0.2, 0.25) is 0 Å². The second-order valence-corrected chi connectivity index (χ2v) is 9.55. The van der Waals surface area contributed by atoms with Crippen molar-refractivity contribution in [1.82, 2.24) is 10.2 Å². The Morgan fingerprint density at radius 2 is 1.91 bits per heavy atom. The lowest BCUT2D eigenvalue weighted by Crippen LogP contribution is -2.35. The molecule has 0 spiro atoms. The molecular formula is C27H34N2O3. The van der Waals surface area contributed by atoms with Crippen LogP contribution in [0.1, 0.15) is 66.4 Å². The average molecular weight is 435 g/mol. The van der Waals surface area contributed by atoms with E-state index in [1.165, 1.54) is 37.8 Å². The number of nitrogens with one attached hydrogen (secondary N) is 1. The largest absolute Gasteiger partial charge is 0.497 e. The molecule has 2 bridgehead atoms. The van der Waals surface area contributed by atoms with Crippen molar-refractivity contribution >= 4 is 5.91 Å². The van der Waals surface area contributed by atoms with Crippen LogP contribution in [0.2, 0.25) is 0 Å². The summed E-state index contributed by atoms with van der Waals surface area (Å²) in [6.45, 7) is 4.76. The molecule has 1 amide bonds. The molecule has 4 atom stereocenters. The zero-order valence-electron chi connectivity index (χ0n) is 19.2. The molecule has 170 valence electrons. The lowest BCUT2D eigenvalue weighted by atomic mass is 9.78. The highest BCUT2D eigenvalue weighted by atomic mass is 16.5. The van der Waals surface area contributed by atoms with Gasteiger partial charge < -0.3 is 14.8 Å². The van der Waals surface area contributed by atoms with E-state index in [2.05, 4.69) is 35.3 Å². The first-order chi connectivity index (χ1) is 15.7. The summed E-state index contributed by atoms with van der Waals surface area (Å²) in [5, 5.41) is 2.89. The number of rotatable bonds is 7. The number of hydrogen-bond donors (Lipinski definition) is 1. The quantitative estimate of drug-likeness (QED) is 0.683. The number of nitrogens with zero attached hydrogens (tertiary/aromatic N) is 1. The first-order valence-corrected chi connectivity index (χ1v) is 12.1. The lowest BCUT2D eigenvalue weighted by Gasteiger charge is -2.29. The SMILES string of the molecule is CCCN1[C@@H]2CC[C@H]1C[C@H](COc1ccc3c(c1)C(=O)NC3)[C@@H](c1cccc(OC)c1)C2. The summed E-state index contributed by atoms with van der Waals surface area (Å²) in [7, 11) is 1.74. The minimum absolute atomic E-state index is 0.00157. The Morgan fingerprint density at radius 3 is 2.72 bits per heavy atom. The average Bonchev–Trinajstić information content (AvgIpc) is 3.32. The Bertz CT molecular complexity index is 975. The summed E-state index contributed by atoms with van der Waals surface area (Å²) >= 11 is 0. The van der Waals surface area contributed by atoms with Crippen LogP contribution in [0.15, 0.2) is 42.5 Å². The predicted molar refractivity (Wildman–Crippen MR) is 125 cm³/mol. The predicted octanol–water partition coefficient (Wildman–Crippen LogP) is 4.75. The number of carbonyl (C=O) groups excluding carboxylic acids is 1. The van der Waals surface area contributed by atoms with Gasteiger partial charge in [0.15, 0.2) is 0 Å². The first kappa shape index (κ1) is 21.3. The van der Waals surface area contributed by atoms with Crippen molar-refractivity contribution < 1.29 is 14.3 Å². The van der Waals surface area contributed by atoms with Gasteiger partial charge in [-0.1, -0.05) is 25.1 Å². The summed E-state index contributed by atoms with van der Waals surface area (Å²) in [6, 6.07) is 15.8. The Balaban J connectivity index is 1.39. The normalized spacial score (nSPS) is 27.0. The van der Waals surface area contributed by atoms with Crippen molar-refractivity contribution in [3.8, 4) is 11.5 Å². The van der Waals surface area contributed by atoms with E-state index in [0.29, 0.717) is 37.1 Å². The molecule has 0 saturated carbocycles. The first-order valence-electron chi connectivity index (χ1n) is 12.1. The van der Waals surface area contributed by atoms with Crippen molar-refractivity contribution in [2.75, 3.05) is 20.3 Å². The van der Waals surface area contributed by atoms with Crippen LogP contribution < -0.4 is 14.8 Å². The fourth-order valence-electron chi connectivity index (χ4n) is 6.09. The molecule has 3 aliphatic rings. The molecule has 0 aliphatic carbocycles. The molecular weight excluding hydrogens is 400 g/mol. The van der Waals surface area contributed by atoms with Gasteiger partial charge in [-0.15, -0.1) is 0 Å². The number of fused-ring (bicyclic) bond motifs is 3. The molecule has 2 saturated heterocycles. The molecule has 0 aromatic heterocycles. The second kappa shape index (κ2) is 9.14. The highest BCUT2D eigenvalue weighted by Gasteiger charge is 2.42. The van der Waals surface area contributed by atoms with Crippen molar-refractivity contribution in [3.63, 3.8) is 0 Å². The van der Waals surface area contributed by atoms with Crippen molar-refractivity contribution in [2.24, 2.45) is 5.92 Å². The van der Waals surface area contributed by atoms with E-state index in [9.17, 15) is 4.79 Å². The van der Waals surface area contributed by atoms with Crippen LogP contribution in [0.4, 0.5) is 0 Å². The van der Waals surface area contributed by atoms with Crippen LogP contribution in [0.25, 0.3) is 0 Å². The highest BCUT2D eigenvalue weighted by molar-refractivity contribution is 5.98. The standard InChI is InChI=1S/C27H34N2O3/c1-3-11-29-21-8-9-22(29)14-25(18-5-4-6-23(13-18)31-2)20(12-21)17-32-24-10-7-19-16-28-27(30)26(19)15-24/h4-7,10,13,15,20-22,25H,3,8-9,11-12,14,16-17H2,1-2H3,(H,28,30)/t20-,21+,22-,25-/m1/s1. The zero-order valence-corrected chi connectivity index (χ0v) is 19.2. The molecule has 1 N–H and O–H groups in total. The molecule has 0 unspecified atom stereocenters. The van der Waals surface area contributed by atoms with Gasteiger partial charge in [0.1, 0.15) is 11.5 Å². The van der Waals surface area contributed by atoms with E-state index in [1.54, 1.807) is 7.11 Å². The van der Waals surface area contributed by atoms with Gasteiger partial charge in [-0.2, -0.15) is 0 Å². The van der Waals surface area contributed by atoms with Crippen molar-refractivity contribution in [3.05, 3.63) is 59.2 Å². The van der Waals surface area contributed by atoms with Crippen LogP contribution >= 0.6 is 0 Å². The summed E-state index contributed by atoms with van der Waals surface area (Å²) in [5.74, 6) is 2.59. The van der Waals surface area contributed by atoms with E-state index in [4.69, 9.17) is 9.47 Å². The summed E-state index contributed by atoms with van der Waals surface area (Å²) in [5.41, 5.74) is 3.16. The van der Waals surface area contributed by atoms with Gasteiger partial charge >= 0.3 is 0 Å². The number of ether oxygens (including phenoxy) is 2. The van der Waals surface area contributed by atoms with Gasteiger partial charge in [-0.3, -0.25) is 9.69 Å². The number of hydrogen-bond acceptors (Lipinski definition) is 4. The van der Waals surface area contributed by atoms with Crippen molar-refractivity contribution in [1.29, 1.82) is 0 Å². The molecule has 32 heavy (non-hydrogen) atoms. The highest BCUT2D eigenvalue weighted by Crippen LogP contribution is 2.44. The Hall–Kier alpha value is -2.53. The van der Waals surface area contributed by atoms with Gasteiger partial charge in [0.05, 0.1) is 13.7 Å². The Morgan fingerprint density at radius 1 is 1.06 bits per heavy atom. The molecule has 2 aromatic carbocycles. The van der Waals surface area contributed by atoms with Gasteiger partial charge in [-0.05, 0) is 80.0 Å². The van der Waals surface area contributed by atoms with E-state index in [0.717, 1.165) is 29.0 Å². The van der Waals surface area contributed by atoms with Gasteiger partial charge in [0, 0.05) is 30.1 Å². The summed E-state index contributed by atoms with van der Waals surface area (Å²) in [6.07, 6.45) is 6.13. The monoisotopic (exact) mass is 434 g/mol. The van der Waals surface area contributed by atoms with E-state index in [1.807, 2.05) is 24.3 Å². The maximum atomic E-state index is 12.1. The summed E-state index contributed by atoms with van der Waals surface area (Å²) in [4.78, 5) is 14.8. The van der Waals surface area contributed by atoms with Gasteiger partial charge in [-0.25, -0.2) is 0 Å². The molecule has 3 aliphatic heterocycles. The lowest BCUT2D eigenvalue weighted by molar-refractivity contribution is 0.0965. The van der Waals surface area contributed by atoms with Crippen LogP contribution in [0, 0.1) is 5.92 Å². The molecule has 3 heterocycles. The maximum Gasteiger partial charge on any atom is 0.252 e. The smallest absolute Gasteiger partial charge is 0.252 e. The zero-order chi connectivity index (χ0) is 22.1. The van der Waals surface area contributed by atoms with Crippen LogP contribution in [0.5, 0.6) is 11.5 Å². The number of methoxy groups -OCH3 is 1. The Labute approximate surface area is 191 Å². The topological polar surface area (TPSA) is 50.8 Å². The van der Waals surface area contributed by atoms with Crippen LogP contribution in [-0.4, -0.2) is 43.2 Å². The third-order valence-corrected chi connectivity index (χ3v) is 7.67. The van der Waals surface area contributed by atoms with Gasteiger partial charge in [0.25, 0.3) is 5.91 Å². The molecule has 2 fully saturated rings. The third kappa shape index (κ3) is 4.11. The summed E-state index contributed by atoms with van der Waals surface area (Å²) < 4.78 is 11.9. The van der Waals surface area contributed by atoms with E-state index >= 15 is 0 Å². The molecule has 5 nitrogen and oxygen atoms in total. The molecule has 5 heteroatoms. The Kier molecular flexibility index (Phi) is 6.09. The second-order valence-electron chi connectivity index (χ2n) is 9.55. The van der Waals surface area contributed by atoms with Crippen LogP contribution in [-0.2, 0) is 6.54 Å². The fraction of sp³-hybridized carbons (Fsp3) is 0.519. The van der Waals surface area contributed by atoms with E-state index in [-0.39, 0.29) is 5.91 Å². The molecule has 5 rings (SSSR count). The maximum absolute atomic E-state index is 12.1. The minimum atomic E-state index is 0.00157. The van der Waals surface area contributed by atoms with Crippen LogP contribution in [0.3, 0.4) is 0 Å². The van der Waals surface area contributed by atoms with Crippen molar-refractivity contribution in [2.45, 2.75) is 63.6 Å². The fourth-order valence-corrected chi connectivity index (χ4v) is 6.09. The number of carbonyl (C=O) groups is 1. The number of benzene rings is 2. The number of amides is 1. The van der Waals surface area contributed by atoms with E-state index < -0.39 is 0 Å². The third-order valence-electron chi connectivity index (χ3n) is 7.67. The minimum Gasteiger partial charge on any atom is -0.497 e. The molecule has 0 radical (unpaired) electrons.